The topological polar surface area (TPSA) is 35.5 Å². The van der Waals surface area contributed by atoms with Crippen molar-refractivity contribution in [2.75, 3.05) is 26.2 Å². The molecule has 0 bridgehead atoms. The Morgan fingerprint density at radius 1 is 1.38 bits per heavy atom. The van der Waals surface area contributed by atoms with Gasteiger partial charge in [0, 0.05) is 18.6 Å². The lowest BCUT2D eigenvalue weighted by atomic mass is 9.89. The molecule has 0 amide bonds. The molecule has 76 valence electrons. The van der Waals surface area contributed by atoms with Crippen molar-refractivity contribution in [1.82, 2.24) is 10.2 Å². The third-order valence-electron chi connectivity index (χ3n) is 3.61. The summed E-state index contributed by atoms with van der Waals surface area (Å²) < 4.78 is 0. The number of piperidine rings is 1. The average molecular weight is 184 g/mol. The van der Waals surface area contributed by atoms with Crippen molar-refractivity contribution < 1.29 is 5.11 Å². The second kappa shape index (κ2) is 3.56. The first-order valence-corrected chi connectivity index (χ1v) is 5.34. The van der Waals surface area contributed by atoms with Crippen LogP contribution in [0.15, 0.2) is 0 Å². The maximum atomic E-state index is 9.49. The number of nitrogens with zero attached hydrogens (tertiary/aromatic N) is 1. The summed E-state index contributed by atoms with van der Waals surface area (Å²) in [6.07, 6.45) is 3.33. The lowest BCUT2D eigenvalue weighted by molar-refractivity contribution is 0.0788. The van der Waals surface area contributed by atoms with Crippen molar-refractivity contribution >= 4 is 0 Å². The number of hydrogen-bond donors (Lipinski definition) is 2. The Hall–Kier alpha value is -0.120. The van der Waals surface area contributed by atoms with Gasteiger partial charge in [-0.15, -0.1) is 0 Å². The largest absolute Gasteiger partial charge is 0.392 e. The Morgan fingerprint density at radius 3 is 2.62 bits per heavy atom. The minimum Gasteiger partial charge on any atom is -0.392 e. The van der Waals surface area contributed by atoms with E-state index in [1.165, 1.54) is 12.8 Å². The summed E-state index contributed by atoms with van der Waals surface area (Å²) in [4.78, 5) is 2.47. The Morgan fingerprint density at radius 2 is 2.08 bits per heavy atom. The Bertz CT molecular complexity index is 178. The maximum Gasteiger partial charge on any atom is 0.0679 e. The molecule has 0 spiro atoms. The van der Waals surface area contributed by atoms with Gasteiger partial charge in [-0.3, -0.25) is 4.90 Å². The van der Waals surface area contributed by atoms with E-state index in [9.17, 15) is 5.11 Å². The molecule has 2 aliphatic heterocycles. The van der Waals surface area contributed by atoms with Crippen LogP contribution in [0.5, 0.6) is 0 Å². The van der Waals surface area contributed by atoms with Gasteiger partial charge in [0.2, 0.25) is 0 Å². The van der Waals surface area contributed by atoms with Gasteiger partial charge in [-0.05, 0) is 39.3 Å². The number of aliphatic hydroxyl groups is 1. The first kappa shape index (κ1) is 9.44. The van der Waals surface area contributed by atoms with Crippen LogP contribution in [-0.4, -0.2) is 47.8 Å². The van der Waals surface area contributed by atoms with Gasteiger partial charge in [0.1, 0.15) is 0 Å². The highest BCUT2D eigenvalue weighted by atomic mass is 16.3. The fourth-order valence-corrected chi connectivity index (χ4v) is 2.51. The van der Waals surface area contributed by atoms with Crippen molar-refractivity contribution in [1.29, 1.82) is 0 Å². The standard InChI is InChI=1S/C10H20N2O/c1-10(3-5-11-6-4-10)12-7-2-9(13)8-12/h9,11,13H,2-8H2,1H3/t9-/m1/s1. The van der Waals surface area contributed by atoms with Crippen LogP contribution >= 0.6 is 0 Å². The molecule has 0 aliphatic carbocycles. The monoisotopic (exact) mass is 184 g/mol. The molecule has 0 aromatic heterocycles. The van der Waals surface area contributed by atoms with Gasteiger partial charge < -0.3 is 10.4 Å². The quantitative estimate of drug-likeness (QED) is 0.611. The van der Waals surface area contributed by atoms with Crippen molar-refractivity contribution in [2.45, 2.75) is 37.8 Å². The van der Waals surface area contributed by atoms with E-state index in [4.69, 9.17) is 0 Å². The molecule has 2 saturated heterocycles. The molecule has 2 fully saturated rings. The van der Waals surface area contributed by atoms with Gasteiger partial charge in [0.15, 0.2) is 0 Å². The fourth-order valence-electron chi connectivity index (χ4n) is 2.51. The number of likely N-dealkylation sites (tertiary alicyclic amines) is 1. The number of nitrogens with one attached hydrogen (secondary N) is 1. The third kappa shape index (κ3) is 1.87. The molecule has 3 heteroatoms. The average Bonchev–Trinajstić information content (AvgIpc) is 2.54. The molecule has 2 rings (SSSR count). The lowest BCUT2D eigenvalue weighted by Gasteiger charge is -2.42. The van der Waals surface area contributed by atoms with Crippen LogP contribution in [0.2, 0.25) is 0 Å². The predicted octanol–water partition coefficient (Wildman–Crippen LogP) is 0.195. The molecule has 13 heavy (non-hydrogen) atoms. The summed E-state index contributed by atoms with van der Waals surface area (Å²) in [5.74, 6) is 0. The van der Waals surface area contributed by atoms with Crippen LogP contribution in [0.1, 0.15) is 26.2 Å². The van der Waals surface area contributed by atoms with Crippen molar-refractivity contribution in [2.24, 2.45) is 0 Å². The number of β-amino-alcohol motifs (C(OH)–C–C–N with tert-alkyl or cyclic N) is 1. The second-order valence-electron chi connectivity index (χ2n) is 4.64. The molecule has 0 aromatic carbocycles. The highest BCUT2D eigenvalue weighted by Crippen LogP contribution is 2.29. The van der Waals surface area contributed by atoms with Crippen LogP contribution < -0.4 is 5.32 Å². The summed E-state index contributed by atoms with van der Waals surface area (Å²) in [6, 6.07) is 0. The van der Waals surface area contributed by atoms with Gasteiger partial charge in [-0.25, -0.2) is 0 Å². The van der Waals surface area contributed by atoms with Crippen molar-refractivity contribution in [3.63, 3.8) is 0 Å². The van der Waals surface area contributed by atoms with E-state index >= 15 is 0 Å². The molecular formula is C10H20N2O. The normalized spacial score (nSPS) is 35.1. The van der Waals surface area contributed by atoms with Crippen molar-refractivity contribution in [3.05, 3.63) is 0 Å². The molecule has 0 radical (unpaired) electrons. The zero-order chi connectivity index (χ0) is 9.31. The zero-order valence-electron chi connectivity index (χ0n) is 8.42. The number of rotatable bonds is 1. The van der Waals surface area contributed by atoms with Crippen LogP contribution in [0.3, 0.4) is 0 Å². The molecular weight excluding hydrogens is 164 g/mol. The van der Waals surface area contributed by atoms with E-state index in [2.05, 4.69) is 17.1 Å². The van der Waals surface area contributed by atoms with E-state index in [1.54, 1.807) is 0 Å². The maximum absolute atomic E-state index is 9.49. The molecule has 3 nitrogen and oxygen atoms in total. The molecule has 1 atom stereocenters. The highest BCUT2D eigenvalue weighted by molar-refractivity contribution is 4.94. The summed E-state index contributed by atoms with van der Waals surface area (Å²) in [5, 5.41) is 12.9. The number of aliphatic hydroxyl groups excluding tert-OH is 1. The molecule has 0 saturated carbocycles. The third-order valence-corrected chi connectivity index (χ3v) is 3.61. The summed E-state index contributed by atoms with van der Waals surface area (Å²) >= 11 is 0. The van der Waals surface area contributed by atoms with Crippen molar-refractivity contribution in [3.8, 4) is 0 Å². The van der Waals surface area contributed by atoms with Gasteiger partial charge >= 0.3 is 0 Å². The molecule has 0 aromatic rings. The molecule has 2 heterocycles. The number of hydrogen-bond acceptors (Lipinski definition) is 3. The fraction of sp³-hybridized carbons (Fsp3) is 1.00. The van der Waals surface area contributed by atoms with Crippen LogP contribution in [0, 0.1) is 0 Å². The first-order chi connectivity index (χ1) is 6.21. The molecule has 2 aliphatic rings. The SMILES string of the molecule is CC1(N2CC[C@@H](O)C2)CCNCC1. The summed E-state index contributed by atoms with van der Waals surface area (Å²) in [6.45, 7) is 6.56. The van der Waals surface area contributed by atoms with Crippen LogP contribution in [-0.2, 0) is 0 Å². The van der Waals surface area contributed by atoms with Gasteiger partial charge in [-0.2, -0.15) is 0 Å². The summed E-state index contributed by atoms with van der Waals surface area (Å²) in [7, 11) is 0. The van der Waals surface area contributed by atoms with Gasteiger partial charge in [0.25, 0.3) is 0 Å². The Labute approximate surface area is 80.1 Å². The molecule has 2 N–H and O–H groups in total. The Balaban J connectivity index is 1.97. The lowest BCUT2D eigenvalue weighted by Crippen LogP contribution is -2.51. The van der Waals surface area contributed by atoms with E-state index in [0.29, 0.717) is 5.54 Å². The van der Waals surface area contributed by atoms with E-state index < -0.39 is 0 Å². The van der Waals surface area contributed by atoms with Crippen LogP contribution in [0.4, 0.5) is 0 Å². The van der Waals surface area contributed by atoms with E-state index in [1.807, 2.05) is 0 Å². The van der Waals surface area contributed by atoms with Crippen LogP contribution in [0.25, 0.3) is 0 Å². The predicted molar refractivity (Wildman–Crippen MR) is 52.7 cm³/mol. The molecule has 0 unspecified atom stereocenters. The van der Waals surface area contributed by atoms with E-state index in [-0.39, 0.29) is 6.10 Å². The smallest absolute Gasteiger partial charge is 0.0679 e. The summed E-state index contributed by atoms with van der Waals surface area (Å²) in [5.41, 5.74) is 0.350. The Kier molecular flexibility index (Phi) is 2.58. The minimum atomic E-state index is -0.0771. The van der Waals surface area contributed by atoms with Gasteiger partial charge in [0.05, 0.1) is 6.10 Å². The first-order valence-electron chi connectivity index (χ1n) is 5.34. The minimum absolute atomic E-state index is 0.0771. The van der Waals surface area contributed by atoms with E-state index in [0.717, 1.165) is 32.6 Å². The zero-order valence-corrected chi connectivity index (χ0v) is 8.42. The van der Waals surface area contributed by atoms with Gasteiger partial charge in [-0.1, -0.05) is 0 Å². The highest BCUT2D eigenvalue weighted by Gasteiger charge is 2.36. The second-order valence-corrected chi connectivity index (χ2v) is 4.64.